The van der Waals surface area contributed by atoms with Gasteiger partial charge in [-0.05, 0) is 13.8 Å². The van der Waals surface area contributed by atoms with E-state index in [1.165, 1.54) is 0 Å². The molecule has 0 aromatic rings. The lowest BCUT2D eigenvalue weighted by Crippen LogP contribution is -2.02. The van der Waals surface area contributed by atoms with Crippen molar-refractivity contribution in [1.29, 1.82) is 0 Å². The second-order valence-corrected chi connectivity index (χ2v) is 2.77. The molecule has 0 saturated carbocycles. The van der Waals surface area contributed by atoms with Gasteiger partial charge in [0.25, 0.3) is 0 Å². The van der Waals surface area contributed by atoms with Gasteiger partial charge >= 0.3 is 0 Å². The summed E-state index contributed by atoms with van der Waals surface area (Å²) in [5.74, 6) is 0.782. The lowest BCUT2D eigenvalue weighted by molar-refractivity contribution is 0.262. The highest BCUT2D eigenvalue weighted by molar-refractivity contribution is 5.34. The standard InChI is InChI=1S/C8H14N2O.2C2H6/c1-5(9)7-3-4-11-8(7)6(2)10;2*1-2/h3-4,9-10H2,1-2H3;2*1-2H3/b7-5-,8-6+;;. The van der Waals surface area contributed by atoms with Crippen molar-refractivity contribution in [2.45, 2.75) is 48.0 Å². The Hall–Kier alpha value is -1.12. The molecular weight excluding hydrogens is 188 g/mol. The van der Waals surface area contributed by atoms with E-state index in [9.17, 15) is 0 Å². The molecule has 15 heavy (non-hydrogen) atoms. The fourth-order valence-electron chi connectivity index (χ4n) is 1.18. The van der Waals surface area contributed by atoms with E-state index < -0.39 is 0 Å². The Balaban J connectivity index is 0. The van der Waals surface area contributed by atoms with Gasteiger partial charge in [-0.2, -0.15) is 0 Å². The van der Waals surface area contributed by atoms with E-state index in [0.717, 1.165) is 23.5 Å². The van der Waals surface area contributed by atoms with Crippen LogP contribution >= 0.6 is 0 Å². The quantitative estimate of drug-likeness (QED) is 0.652. The molecule has 0 amide bonds. The largest absolute Gasteiger partial charge is 0.491 e. The molecule has 0 unspecified atom stereocenters. The van der Waals surface area contributed by atoms with Gasteiger partial charge in [-0.3, -0.25) is 0 Å². The van der Waals surface area contributed by atoms with Crippen LogP contribution < -0.4 is 11.5 Å². The van der Waals surface area contributed by atoms with Crippen LogP contribution in [0.4, 0.5) is 0 Å². The van der Waals surface area contributed by atoms with Gasteiger partial charge < -0.3 is 16.2 Å². The van der Waals surface area contributed by atoms with Crippen molar-refractivity contribution in [2.75, 3.05) is 6.61 Å². The Morgan fingerprint density at radius 1 is 1.00 bits per heavy atom. The van der Waals surface area contributed by atoms with Crippen molar-refractivity contribution < 1.29 is 4.74 Å². The van der Waals surface area contributed by atoms with E-state index in [1.54, 1.807) is 0 Å². The Morgan fingerprint density at radius 2 is 1.47 bits per heavy atom. The second kappa shape index (κ2) is 9.44. The summed E-state index contributed by atoms with van der Waals surface area (Å²) < 4.78 is 5.31. The molecular formula is C12H26N2O. The summed E-state index contributed by atoms with van der Waals surface area (Å²) in [6.45, 7) is 12.4. The summed E-state index contributed by atoms with van der Waals surface area (Å²) in [5.41, 5.74) is 13.8. The van der Waals surface area contributed by atoms with E-state index in [-0.39, 0.29) is 0 Å². The summed E-state index contributed by atoms with van der Waals surface area (Å²) in [6, 6.07) is 0. The normalized spacial score (nSPS) is 20.1. The van der Waals surface area contributed by atoms with Crippen molar-refractivity contribution >= 4 is 0 Å². The molecule has 0 radical (unpaired) electrons. The van der Waals surface area contributed by atoms with E-state index >= 15 is 0 Å². The predicted molar refractivity (Wildman–Crippen MR) is 67.0 cm³/mol. The fraction of sp³-hybridized carbons (Fsp3) is 0.667. The third-order valence-corrected chi connectivity index (χ3v) is 1.71. The van der Waals surface area contributed by atoms with Crippen molar-refractivity contribution in [3.05, 3.63) is 22.7 Å². The first-order chi connectivity index (χ1) is 7.13. The Morgan fingerprint density at radius 3 is 1.73 bits per heavy atom. The molecule has 4 N–H and O–H groups in total. The molecule has 0 atom stereocenters. The van der Waals surface area contributed by atoms with Crippen LogP contribution in [0.15, 0.2) is 22.7 Å². The Labute approximate surface area is 94.2 Å². The first-order valence-electron chi connectivity index (χ1n) is 5.67. The van der Waals surface area contributed by atoms with Crippen LogP contribution in [0.25, 0.3) is 0 Å². The minimum absolute atomic E-state index is 0.702. The van der Waals surface area contributed by atoms with E-state index in [4.69, 9.17) is 16.2 Å². The molecule has 1 aliphatic rings. The molecule has 3 heteroatoms. The highest BCUT2D eigenvalue weighted by Crippen LogP contribution is 2.26. The van der Waals surface area contributed by atoms with Crippen LogP contribution in [0.3, 0.4) is 0 Å². The third-order valence-electron chi connectivity index (χ3n) is 1.71. The molecule has 1 fully saturated rings. The van der Waals surface area contributed by atoms with Crippen LogP contribution in [-0.2, 0) is 4.74 Å². The van der Waals surface area contributed by atoms with Gasteiger partial charge in [0.15, 0.2) is 0 Å². The van der Waals surface area contributed by atoms with Crippen LogP contribution in [0.1, 0.15) is 48.0 Å². The van der Waals surface area contributed by atoms with E-state index in [0.29, 0.717) is 12.3 Å². The summed E-state index contributed by atoms with van der Waals surface area (Å²) in [4.78, 5) is 0. The van der Waals surface area contributed by atoms with Gasteiger partial charge in [0.1, 0.15) is 5.76 Å². The van der Waals surface area contributed by atoms with Gasteiger partial charge in [0, 0.05) is 23.4 Å². The maximum absolute atomic E-state index is 5.64. The Bertz CT molecular complexity index is 198. The smallest absolute Gasteiger partial charge is 0.142 e. The molecule has 3 nitrogen and oxygen atoms in total. The summed E-state index contributed by atoms with van der Waals surface area (Å²) >= 11 is 0. The number of nitrogens with two attached hydrogens (primary N) is 2. The maximum Gasteiger partial charge on any atom is 0.142 e. The first-order valence-corrected chi connectivity index (χ1v) is 5.67. The van der Waals surface area contributed by atoms with E-state index in [2.05, 4.69) is 0 Å². The maximum atomic E-state index is 5.64. The lowest BCUT2D eigenvalue weighted by atomic mass is 10.1. The van der Waals surface area contributed by atoms with Crippen LogP contribution in [-0.4, -0.2) is 6.61 Å². The number of allylic oxidation sites excluding steroid dienone is 3. The number of hydrogen-bond acceptors (Lipinski definition) is 3. The third kappa shape index (κ3) is 5.35. The monoisotopic (exact) mass is 214 g/mol. The second-order valence-electron chi connectivity index (χ2n) is 2.77. The van der Waals surface area contributed by atoms with Crippen molar-refractivity contribution in [3.8, 4) is 0 Å². The van der Waals surface area contributed by atoms with Crippen molar-refractivity contribution in [1.82, 2.24) is 0 Å². The zero-order valence-electron chi connectivity index (χ0n) is 11.0. The topological polar surface area (TPSA) is 61.3 Å². The SMILES string of the molecule is C/C(N)=C1\CCO\C1=C(/C)N.CC.CC. The summed E-state index contributed by atoms with van der Waals surface area (Å²) in [6.07, 6.45) is 0.881. The molecule has 1 rings (SSSR count). The molecule has 1 aliphatic heterocycles. The lowest BCUT2D eigenvalue weighted by Gasteiger charge is -2.03. The minimum Gasteiger partial charge on any atom is -0.491 e. The summed E-state index contributed by atoms with van der Waals surface area (Å²) in [5, 5.41) is 0. The molecule has 90 valence electrons. The highest BCUT2D eigenvalue weighted by atomic mass is 16.5. The summed E-state index contributed by atoms with van der Waals surface area (Å²) in [7, 11) is 0. The predicted octanol–water partition coefficient (Wildman–Crippen LogP) is 2.88. The van der Waals surface area contributed by atoms with Gasteiger partial charge in [0.05, 0.1) is 6.61 Å². The molecule has 0 bridgehead atoms. The van der Waals surface area contributed by atoms with Crippen LogP contribution in [0.2, 0.25) is 0 Å². The van der Waals surface area contributed by atoms with Gasteiger partial charge in [0.2, 0.25) is 0 Å². The van der Waals surface area contributed by atoms with Crippen LogP contribution in [0.5, 0.6) is 0 Å². The number of ether oxygens (including phenoxy) is 1. The zero-order valence-corrected chi connectivity index (χ0v) is 11.0. The molecule has 1 saturated heterocycles. The molecule has 0 aromatic carbocycles. The fourth-order valence-corrected chi connectivity index (χ4v) is 1.18. The Kier molecular flexibility index (Phi) is 10.3. The molecule has 0 spiro atoms. The average molecular weight is 214 g/mol. The van der Waals surface area contributed by atoms with Gasteiger partial charge in [-0.1, -0.05) is 27.7 Å². The first kappa shape index (κ1) is 16.3. The minimum atomic E-state index is 0.702. The van der Waals surface area contributed by atoms with Gasteiger partial charge in [-0.25, -0.2) is 0 Å². The highest BCUT2D eigenvalue weighted by Gasteiger charge is 2.18. The van der Waals surface area contributed by atoms with E-state index in [1.807, 2.05) is 41.5 Å². The molecule has 0 aliphatic carbocycles. The van der Waals surface area contributed by atoms with Crippen molar-refractivity contribution in [3.63, 3.8) is 0 Å². The number of rotatable bonds is 0. The number of hydrogen-bond donors (Lipinski definition) is 2. The molecule has 1 heterocycles. The molecule has 0 aromatic heterocycles. The van der Waals surface area contributed by atoms with Crippen molar-refractivity contribution in [2.24, 2.45) is 11.5 Å². The zero-order chi connectivity index (χ0) is 12.4. The van der Waals surface area contributed by atoms with Crippen LogP contribution in [0, 0.1) is 0 Å². The average Bonchev–Trinajstić information content (AvgIpc) is 2.72. The van der Waals surface area contributed by atoms with Gasteiger partial charge in [-0.15, -0.1) is 0 Å².